The first-order valence-electron chi connectivity index (χ1n) is 26.4. The Labute approximate surface area is 483 Å². The molecule has 7 heterocycles. The molecule has 0 radical (unpaired) electrons. The van der Waals surface area contributed by atoms with E-state index in [-0.39, 0.29) is 91.4 Å². The molecule has 7 atom stereocenters. The quantitative estimate of drug-likeness (QED) is 0.0596. The average molecular weight is 1200 g/mol. The first kappa shape index (κ1) is 56.3. The topological polar surface area (TPSA) is 223 Å². The summed E-state index contributed by atoms with van der Waals surface area (Å²) in [6, 6.07) is 23.2. The van der Waals surface area contributed by atoms with Crippen molar-refractivity contribution in [3.8, 4) is 22.7 Å². The minimum absolute atomic E-state index is 0.0105. The van der Waals surface area contributed by atoms with Crippen LogP contribution in [0.5, 0.6) is 5.75 Å². The van der Waals surface area contributed by atoms with Crippen LogP contribution in [0.3, 0.4) is 0 Å². The van der Waals surface area contributed by atoms with Crippen LogP contribution in [0.25, 0.3) is 16.9 Å². The number of anilines is 1. The number of nitrogens with one attached hydrogen (secondary N) is 2. The molecule has 12 rings (SSSR count). The summed E-state index contributed by atoms with van der Waals surface area (Å²) >= 11 is 12.1. The van der Waals surface area contributed by atoms with Crippen molar-refractivity contribution in [2.45, 2.75) is 75.3 Å². The molecule has 4 saturated heterocycles. The van der Waals surface area contributed by atoms with Gasteiger partial charge in [0.15, 0.2) is 12.1 Å². The van der Waals surface area contributed by atoms with E-state index in [1.54, 1.807) is 72.8 Å². The Balaban J connectivity index is 0.755. The molecule has 84 heavy (non-hydrogen) atoms. The van der Waals surface area contributed by atoms with E-state index in [4.69, 9.17) is 46.9 Å². The molecule has 434 valence electrons. The number of hydrogen-bond donors (Lipinski definition) is 2. The van der Waals surface area contributed by atoms with Crippen molar-refractivity contribution in [3.63, 3.8) is 0 Å². The van der Waals surface area contributed by atoms with Crippen LogP contribution in [0.2, 0.25) is 10.0 Å². The molecule has 4 fully saturated rings. The highest BCUT2D eigenvalue weighted by Crippen LogP contribution is 2.47. The van der Waals surface area contributed by atoms with Gasteiger partial charge in [-0.3, -0.25) is 29.3 Å². The van der Waals surface area contributed by atoms with Crippen molar-refractivity contribution < 1.29 is 69.6 Å². The summed E-state index contributed by atoms with van der Waals surface area (Å²) < 4.78 is 108. The number of rotatable bonds is 14. The van der Waals surface area contributed by atoms with E-state index < -0.39 is 101 Å². The summed E-state index contributed by atoms with van der Waals surface area (Å²) in [4.78, 5) is 72.3. The number of benzene rings is 5. The molecule has 0 spiro atoms. The molecule has 5 aromatic carbocycles. The van der Waals surface area contributed by atoms with Crippen LogP contribution < -0.4 is 15.4 Å². The molecular formula is C57H47Cl2F5N10O10. The maximum atomic E-state index is 14.9. The minimum Gasteiger partial charge on any atom is -0.493 e. The predicted octanol–water partition coefficient (Wildman–Crippen LogP) is 8.17. The zero-order valence-corrected chi connectivity index (χ0v) is 45.5. The van der Waals surface area contributed by atoms with Gasteiger partial charge in [-0.05, 0) is 91.7 Å². The second-order valence-corrected chi connectivity index (χ2v) is 21.5. The highest BCUT2D eigenvalue weighted by atomic mass is 35.5. The molecule has 0 bridgehead atoms. The third-order valence-corrected chi connectivity index (χ3v) is 15.7. The molecular weight excluding hydrogens is 1150 g/mol. The van der Waals surface area contributed by atoms with Crippen LogP contribution in [0.15, 0.2) is 109 Å². The zero-order valence-electron chi connectivity index (χ0n) is 44.0. The standard InChI is InChI=1S/C57H47Cl2F5N10O10/c1-28-65-52(74(69-28)43-20-34(58)9-14-38(43)57(62,63)64)51-50(48(49-44(83-51)26-82-56(84-49)31-5-3-2-4-6-31)73-24-41(68-70-73)32-18-39(60)47(59)40(61)19-32)81-27-46(76)71-21-29(22-71)25-80-36-11-7-30(8-12-36)53(77)66-35-10-13-37-33(17-35)23-72(55(37)79)42-15-16-45(75)67-54(42)78/h2-14,17-20,24,29,42,44,48-51,56H,15-16,21-23,25-27H2,1H3,(H,66,77)(H,67,75,78)/t42?,44-,48+,49+,50-,51-,56?/m1/s1. The van der Waals surface area contributed by atoms with E-state index in [2.05, 4.69) is 31.0 Å². The number of likely N-dealkylation sites (tertiary alicyclic amines) is 1. The van der Waals surface area contributed by atoms with E-state index in [0.717, 1.165) is 35.0 Å². The highest BCUT2D eigenvalue weighted by Gasteiger charge is 2.54. The van der Waals surface area contributed by atoms with Gasteiger partial charge in [0.25, 0.3) is 11.8 Å². The number of alkyl halides is 3. The lowest BCUT2D eigenvalue weighted by atomic mass is 9.90. The summed E-state index contributed by atoms with van der Waals surface area (Å²) in [7, 11) is 0. The van der Waals surface area contributed by atoms with Gasteiger partial charge >= 0.3 is 6.18 Å². The number of halogens is 7. The number of carbonyl (C=O) groups is 5. The monoisotopic (exact) mass is 1200 g/mol. The molecule has 5 aliphatic heterocycles. The molecule has 2 aromatic heterocycles. The maximum absolute atomic E-state index is 14.9. The van der Waals surface area contributed by atoms with Crippen molar-refractivity contribution in [1.29, 1.82) is 0 Å². The Bertz CT molecular complexity index is 3710. The van der Waals surface area contributed by atoms with Gasteiger partial charge in [-0.1, -0.05) is 58.7 Å². The second-order valence-electron chi connectivity index (χ2n) is 20.7. The molecule has 20 nitrogen and oxygen atoms in total. The molecule has 2 unspecified atom stereocenters. The second kappa shape index (κ2) is 22.8. The van der Waals surface area contributed by atoms with Crippen LogP contribution in [0, 0.1) is 24.5 Å². The highest BCUT2D eigenvalue weighted by molar-refractivity contribution is 6.31. The van der Waals surface area contributed by atoms with Crippen LogP contribution in [-0.2, 0) is 46.1 Å². The van der Waals surface area contributed by atoms with E-state index in [1.807, 2.05) is 0 Å². The third kappa shape index (κ3) is 11.2. The van der Waals surface area contributed by atoms with Crippen molar-refractivity contribution in [2.24, 2.45) is 5.92 Å². The molecule has 27 heteroatoms. The van der Waals surface area contributed by atoms with Crippen molar-refractivity contribution in [2.75, 3.05) is 38.2 Å². The molecule has 2 N–H and O–H groups in total. The van der Waals surface area contributed by atoms with Gasteiger partial charge in [0.1, 0.15) is 77.0 Å². The predicted molar refractivity (Wildman–Crippen MR) is 285 cm³/mol. The van der Waals surface area contributed by atoms with Gasteiger partial charge in [0.2, 0.25) is 17.7 Å². The maximum Gasteiger partial charge on any atom is 0.418 e. The number of carbonyl (C=O) groups excluding carboxylic acids is 5. The van der Waals surface area contributed by atoms with Crippen LogP contribution in [0.4, 0.5) is 27.6 Å². The normalized spacial score (nSPS) is 22.5. The third-order valence-electron chi connectivity index (χ3n) is 15.1. The van der Waals surface area contributed by atoms with Gasteiger partial charge in [-0.15, -0.1) is 5.10 Å². The van der Waals surface area contributed by atoms with Gasteiger partial charge in [0.05, 0.1) is 30.7 Å². The van der Waals surface area contributed by atoms with Crippen molar-refractivity contribution >= 4 is 58.4 Å². The number of imide groups is 1. The largest absolute Gasteiger partial charge is 0.493 e. The number of amides is 5. The van der Waals surface area contributed by atoms with Gasteiger partial charge < -0.3 is 38.8 Å². The van der Waals surface area contributed by atoms with E-state index in [1.165, 1.54) is 27.6 Å². The summed E-state index contributed by atoms with van der Waals surface area (Å²) in [5, 5.41) is 17.3. The SMILES string of the molecule is Cc1nc([C@@H]2O[C@@H]3COC(c4ccccc4)O[C@@H]3[C@H](n3cc(-c4cc(F)c(Cl)c(F)c4)nn3)[C@H]2OCC(=O)N2CC(COc3ccc(C(=O)Nc4ccc5c(c4)CN(C4CCC(=O)NC4=O)C5=O)cc3)C2)n(-c2cc(Cl)ccc2C(F)(F)F)n1. The van der Waals surface area contributed by atoms with Crippen LogP contribution in [-0.4, -0.2) is 126 Å². The Morgan fingerprint density at radius 1 is 0.917 bits per heavy atom. The van der Waals surface area contributed by atoms with Crippen molar-refractivity contribution in [1.82, 2.24) is 44.9 Å². The fourth-order valence-electron chi connectivity index (χ4n) is 11.0. The summed E-state index contributed by atoms with van der Waals surface area (Å²) in [5.41, 5.74) is 0.782. The number of ether oxygens (including phenoxy) is 5. The number of aryl methyl sites for hydroxylation is 1. The lowest BCUT2D eigenvalue weighted by Crippen LogP contribution is -2.58. The van der Waals surface area contributed by atoms with E-state index in [9.17, 15) is 45.9 Å². The number of hydrogen-bond acceptors (Lipinski definition) is 14. The fraction of sp³-hybridized carbons (Fsp3) is 0.316. The Morgan fingerprint density at radius 3 is 2.42 bits per heavy atom. The average Bonchev–Trinajstić information content (AvgIpc) is 1.73. The van der Waals surface area contributed by atoms with Crippen LogP contribution in [0.1, 0.15) is 80.3 Å². The minimum atomic E-state index is -4.88. The van der Waals surface area contributed by atoms with Gasteiger partial charge in [0, 0.05) is 64.9 Å². The molecule has 0 aliphatic carbocycles. The molecule has 5 amide bonds. The van der Waals surface area contributed by atoms with E-state index in [0.29, 0.717) is 33.7 Å². The zero-order chi connectivity index (χ0) is 58.7. The first-order valence-corrected chi connectivity index (χ1v) is 27.1. The first-order chi connectivity index (χ1) is 40.3. The number of fused-ring (bicyclic) bond motifs is 2. The molecule has 0 saturated carbocycles. The number of nitrogens with zero attached hydrogens (tertiary/aromatic N) is 8. The van der Waals surface area contributed by atoms with Gasteiger partial charge in [-0.25, -0.2) is 23.1 Å². The van der Waals surface area contributed by atoms with E-state index >= 15 is 0 Å². The van der Waals surface area contributed by atoms with Crippen LogP contribution >= 0.6 is 23.2 Å². The Hall–Kier alpha value is -8.20. The number of piperidine rings is 1. The summed E-state index contributed by atoms with van der Waals surface area (Å²) in [6.45, 7) is 1.57. The lowest BCUT2D eigenvalue weighted by Gasteiger charge is -2.49. The summed E-state index contributed by atoms with van der Waals surface area (Å²) in [6.07, 6.45) is -9.08. The lowest BCUT2D eigenvalue weighted by molar-refractivity contribution is -0.322. The fourth-order valence-corrected chi connectivity index (χ4v) is 11.2. The number of aromatic nitrogens is 6. The smallest absolute Gasteiger partial charge is 0.418 e. The molecule has 5 aliphatic rings. The molecule has 7 aromatic rings. The Kier molecular flexibility index (Phi) is 15.2. The Morgan fingerprint density at radius 2 is 1.68 bits per heavy atom. The van der Waals surface area contributed by atoms with Crippen molar-refractivity contribution in [3.05, 3.63) is 170 Å². The van der Waals surface area contributed by atoms with Gasteiger partial charge in [-0.2, -0.15) is 18.3 Å². The summed E-state index contributed by atoms with van der Waals surface area (Å²) in [5.74, 6) is -4.08.